The first kappa shape index (κ1) is 26.4. The van der Waals surface area contributed by atoms with E-state index in [1.165, 1.54) is 16.4 Å². The Bertz CT molecular complexity index is 1410. The highest BCUT2D eigenvalue weighted by Crippen LogP contribution is 2.44. The molecule has 11 nitrogen and oxygen atoms in total. The molecule has 0 bridgehead atoms. The van der Waals surface area contributed by atoms with Crippen LogP contribution in [0.5, 0.6) is 5.75 Å². The molecule has 212 valence electrons. The van der Waals surface area contributed by atoms with Crippen molar-refractivity contribution in [1.82, 2.24) is 14.2 Å². The predicted octanol–water partition coefficient (Wildman–Crippen LogP) is 1.35. The number of alkyl halides is 3. The number of morpholine rings is 1. The molecule has 1 aromatic heterocycles. The van der Waals surface area contributed by atoms with Crippen molar-refractivity contribution in [3.05, 3.63) is 40.6 Å². The number of hydrogen-bond donors (Lipinski definition) is 4. The van der Waals surface area contributed by atoms with Crippen LogP contribution in [-0.4, -0.2) is 80.5 Å². The molecule has 15 heteroatoms. The van der Waals surface area contributed by atoms with Gasteiger partial charge in [0.05, 0.1) is 41.4 Å². The number of hydrogen-bond acceptors (Lipinski definition) is 9. The molecule has 5 heterocycles. The van der Waals surface area contributed by atoms with Crippen LogP contribution in [0.25, 0.3) is 0 Å². The predicted molar refractivity (Wildman–Crippen MR) is 136 cm³/mol. The molecule has 1 aromatic carbocycles. The van der Waals surface area contributed by atoms with Gasteiger partial charge in [-0.3, -0.25) is 10.6 Å². The smallest absolute Gasteiger partial charge is 0.418 e. The van der Waals surface area contributed by atoms with Crippen molar-refractivity contribution in [2.24, 2.45) is 16.5 Å². The molecule has 0 radical (unpaired) electrons. The SMILES string of the molecule is NC1=NC(N)(c2ccc(S(=O)(=O)N3CCC(N4CCOCC4)CC3)c3c2OCC3)Nc2[nH]cc(C(F)(F)F)c21. The van der Waals surface area contributed by atoms with Crippen LogP contribution < -0.4 is 21.5 Å². The van der Waals surface area contributed by atoms with Crippen LogP contribution in [0, 0.1) is 0 Å². The van der Waals surface area contributed by atoms with E-state index in [-0.39, 0.29) is 34.2 Å². The number of benzene rings is 1. The number of rotatable bonds is 4. The average Bonchev–Trinajstić information content (AvgIpc) is 3.56. The van der Waals surface area contributed by atoms with Crippen molar-refractivity contribution in [2.45, 2.75) is 42.2 Å². The molecule has 6 rings (SSSR count). The summed E-state index contributed by atoms with van der Waals surface area (Å²) < 4.78 is 80.5. The van der Waals surface area contributed by atoms with Gasteiger partial charge in [-0.25, -0.2) is 13.4 Å². The highest BCUT2D eigenvalue weighted by atomic mass is 32.2. The van der Waals surface area contributed by atoms with Gasteiger partial charge < -0.3 is 25.5 Å². The number of H-pyrrole nitrogens is 1. The Morgan fingerprint density at radius 1 is 1.10 bits per heavy atom. The molecule has 0 spiro atoms. The second kappa shape index (κ2) is 9.37. The lowest BCUT2D eigenvalue weighted by Crippen LogP contribution is -2.50. The first-order chi connectivity index (χ1) is 18.5. The molecular weight excluding hydrogens is 539 g/mol. The number of halogens is 3. The molecule has 6 N–H and O–H groups in total. The van der Waals surface area contributed by atoms with E-state index in [4.69, 9.17) is 20.9 Å². The van der Waals surface area contributed by atoms with Gasteiger partial charge in [0, 0.05) is 50.4 Å². The zero-order valence-corrected chi connectivity index (χ0v) is 21.9. The highest BCUT2D eigenvalue weighted by Gasteiger charge is 2.44. The standard InChI is InChI=1S/C24H30F3N7O4S/c25-23(26,27)17-13-30-22-19(17)21(28)31-24(29,32-22)16-1-2-18(15-5-10-38-20(15)16)39(35,36)34-6-3-14(4-7-34)33-8-11-37-12-9-33/h1-2,13-14,30,32H,3-12,29H2,(H2,28,31). The quantitative estimate of drug-likeness (QED) is 0.431. The summed E-state index contributed by atoms with van der Waals surface area (Å²) in [5.74, 6) is -1.97. The summed E-state index contributed by atoms with van der Waals surface area (Å²) in [6.07, 6.45) is -2.04. The van der Waals surface area contributed by atoms with Gasteiger partial charge in [-0.1, -0.05) is 0 Å². The minimum Gasteiger partial charge on any atom is -0.492 e. The van der Waals surface area contributed by atoms with Crippen LogP contribution in [0.3, 0.4) is 0 Å². The molecule has 0 saturated carbocycles. The number of fused-ring (bicyclic) bond motifs is 2. The summed E-state index contributed by atoms with van der Waals surface area (Å²) in [5.41, 5.74) is 12.0. The van der Waals surface area contributed by atoms with E-state index in [9.17, 15) is 21.6 Å². The normalized spacial score (nSPS) is 25.0. The van der Waals surface area contributed by atoms with Gasteiger partial charge in [-0.2, -0.15) is 17.5 Å². The van der Waals surface area contributed by atoms with Crippen molar-refractivity contribution in [1.29, 1.82) is 0 Å². The number of ether oxygens (including phenoxy) is 2. The van der Waals surface area contributed by atoms with Crippen molar-refractivity contribution >= 4 is 21.7 Å². The first-order valence-corrected chi connectivity index (χ1v) is 14.3. The summed E-state index contributed by atoms with van der Waals surface area (Å²) in [7, 11) is -3.82. The van der Waals surface area contributed by atoms with Crippen LogP contribution in [0.15, 0.2) is 28.2 Å². The van der Waals surface area contributed by atoms with Gasteiger partial charge in [0.2, 0.25) is 15.8 Å². The largest absolute Gasteiger partial charge is 0.492 e. The molecule has 4 aliphatic heterocycles. The first-order valence-electron chi connectivity index (χ1n) is 12.8. The Balaban J connectivity index is 1.28. The Morgan fingerprint density at radius 3 is 2.51 bits per heavy atom. The van der Waals surface area contributed by atoms with E-state index in [0.29, 0.717) is 44.3 Å². The molecule has 2 aromatic rings. The van der Waals surface area contributed by atoms with Gasteiger partial charge in [0.15, 0.2) is 0 Å². The van der Waals surface area contributed by atoms with Crippen LogP contribution in [-0.2, 0) is 33.1 Å². The number of sulfonamides is 1. The van der Waals surface area contributed by atoms with E-state index >= 15 is 0 Å². The van der Waals surface area contributed by atoms with Gasteiger partial charge in [0.25, 0.3) is 0 Å². The summed E-state index contributed by atoms with van der Waals surface area (Å²) >= 11 is 0. The Morgan fingerprint density at radius 2 is 1.82 bits per heavy atom. The number of anilines is 1. The number of piperidine rings is 1. The third kappa shape index (κ3) is 4.45. The highest BCUT2D eigenvalue weighted by molar-refractivity contribution is 7.89. The van der Waals surface area contributed by atoms with Gasteiger partial charge >= 0.3 is 6.18 Å². The molecule has 39 heavy (non-hydrogen) atoms. The lowest BCUT2D eigenvalue weighted by atomic mass is 10.0. The van der Waals surface area contributed by atoms with E-state index in [2.05, 4.69) is 20.2 Å². The van der Waals surface area contributed by atoms with Crippen LogP contribution in [0.2, 0.25) is 0 Å². The van der Waals surface area contributed by atoms with Crippen molar-refractivity contribution in [3.8, 4) is 5.75 Å². The van der Waals surface area contributed by atoms with Crippen molar-refractivity contribution in [2.75, 3.05) is 51.3 Å². The zero-order valence-electron chi connectivity index (χ0n) is 21.1. The lowest BCUT2D eigenvalue weighted by molar-refractivity contribution is -0.137. The number of aromatic amines is 1. The molecular formula is C24H30F3N7O4S. The molecule has 0 aliphatic carbocycles. The van der Waals surface area contributed by atoms with Crippen molar-refractivity contribution in [3.63, 3.8) is 0 Å². The number of aliphatic imine (C=N–C) groups is 1. The van der Waals surface area contributed by atoms with E-state index in [1.807, 2.05) is 0 Å². The van der Waals surface area contributed by atoms with Gasteiger partial charge in [0.1, 0.15) is 17.4 Å². The van der Waals surface area contributed by atoms with E-state index < -0.39 is 33.4 Å². The molecule has 1 unspecified atom stereocenters. The van der Waals surface area contributed by atoms with Crippen LogP contribution >= 0.6 is 0 Å². The maximum atomic E-state index is 13.7. The van der Waals surface area contributed by atoms with Gasteiger partial charge in [-0.05, 0) is 25.0 Å². The molecule has 0 amide bonds. The fourth-order valence-corrected chi connectivity index (χ4v) is 7.66. The lowest BCUT2D eigenvalue weighted by Gasteiger charge is -2.39. The second-order valence-electron chi connectivity index (χ2n) is 10.1. The van der Waals surface area contributed by atoms with E-state index in [1.54, 1.807) is 0 Å². The average molecular weight is 570 g/mol. The summed E-state index contributed by atoms with van der Waals surface area (Å²) in [6, 6.07) is 3.28. The van der Waals surface area contributed by atoms with Crippen LogP contribution in [0.4, 0.5) is 19.0 Å². The van der Waals surface area contributed by atoms with Gasteiger partial charge in [-0.15, -0.1) is 0 Å². The molecule has 4 aliphatic rings. The summed E-state index contributed by atoms with van der Waals surface area (Å²) in [4.78, 5) is 9.21. The van der Waals surface area contributed by atoms with Crippen LogP contribution in [0.1, 0.15) is 35.1 Å². The molecule has 2 saturated heterocycles. The monoisotopic (exact) mass is 569 g/mol. The maximum absolute atomic E-state index is 13.7. The topological polar surface area (TPSA) is 151 Å². The second-order valence-corrected chi connectivity index (χ2v) is 12.0. The van der Waals surface area contributed by atoms with E-state index in [0.717, 1.165) is 32.1 Å². The fraction of sp³-hybridized carbons (Fsp3) is 0.542. The summed E-state index contributed by atoms with van der Waals surface area (Å²) in [6.45, 7) is 4.14. The number of amidine groups is 1. The number of aromatic nitrogens is 1. The number of nitrogens with two attached hydrogens (primary N) is 2. The maximum Gasteiger partial charge on any atom is 0.418 e. The molecule has 1 atom stereocenters. The number of nitrogens with zero attached hydrogens (tertiary/aromatic N) is 3. The Hall–Kier alpha value is -2.85. The summed E-state index contributed by atoms with van der Waals surface area (Å²) in [5, 5.41) is 2.80. The fourth-order valence-electron chi connectivity index (χ4n) is 5.94. The number of nitrogens with one attached hydrogen (secondary N) is 2. The third-order valence-electron chi connectivity index (χ3n) is 7.88. The minimum atomic E-state index is -4.64. The Labute approximate surface area is 223 Å². The Kier molecular flexibility index (Phi) is 6.34. The third-order valence-corrected chi connectivity index (χ3v) is 9.87. The minimum absolute atomic E-state index is 0.0380. The molecule has 2 fully saturated rings. The van der Waals surface area contributed by atoms with Crippen molar-refractivity contribution < 1.29 is 31.1 Å². The zero-order chi connectivity index (χ0) is 27.6.